The second-order valence-corrected chi connectivity index (χ2v) is 7.98. The van der Waals surface area contributed by atoms with E-state index in [9.17, 15) is 26.8 Å². The first-order chi connectivity index (χ1) is 14.2. The number of benzene rings is 2. The van der Waals surface area contributed by atoms with Crippen LogP contribution in [0.3, 0.4) is 0 Å². The van der Waals surface area contributed by atoms with Crippen LogP contribution in [0.1, 0.15) is 18.9 Å². The Hall–Kier alpha value is -3.34. The molecule has 2 aromatic carbocycles. The van der Waals surface area contributed by atoms with Crippen LogP contribution in [0, 0.1) is 11.6 Å². The lowest BCUT2D eigenvalue weighted by Crippen LogP contribution is -2.30. The number of hydrogen-bond acceptors (Lipinski definition) is 6. The summed E-state index contributed by atoms with van der Waals surface area (Å²) >= 11 is 0. The molecule has 30 heavy (non-hydrogen) atoms. The van der Waals surface area contributed by atoms with Crippen LogP contribution in [0.25, 0.3) is 0 Å². The highest BCUT2D eigenvalue weighted by Crippen LogP contribution is 2.22. The molecule has 1 unspecified atom stereocenters. The van der Waals surface area contributed by atoms with Crippen molar-refractivity contribution < 1.29 is 31.5 Å². The second-order valence-electron chi connectivity index (χ2n) is 6.33. The third-order valence-electron chi connectivity index (χ3n) is 4.11. The van der Waals surface area contributed by atoms with Gasteiger partial charge in [0, 0.05) is 11.6 Å². The van der Waals surface area contributed by atoms with Gasteiger partial charge >= 0.3 is 5.97 Å². The fourth-order valence-electron chi connectivity index (χ4n) is 2.65. The molecule has 2 aromatic rings. The minimum Gasteiger partial charge on any atom is -0.452 e. The van der Waals surface area contributed by atoms with E-state index in [1.165, 1.54) is 13.0 Å². The highest BCUT2D eigenvalue weighted by atomic mass is 32.2. The van der Waals surface area contributed by atoms with Gasteiger partial charge in [-0.25, -0.2) is 17.2 Å². The number of esters is 1. The predicted octanol–water partition coefficient (Wildman–Crippen LogP) is 1.96. The number of amides is 1. The molecule has 0 saturated heterocycles. The van der Waals surface area contributed by atoms with Gasteiger partial charge in [-0.05, 0) is 31.2 Å². The van der Waals surface area contributed by atoms with E-state index in [1.807, 2.05) is 0 Å². The maximum Gasteiger partial charge on any atom is 0.308 e. The third kappa shape index (κ3) is 4.79. The van der Waals surface area contributed by atoms with Crippen LogP contribution in [0.5, 0.6) is 0 Å². The fourth-order valence-corrected chi connectivity index (χ4v) is 3.90. The summed E-state index contributed by atoms with van der Waals surface area (Å²) in [5.41, 5.74) is 0.0252. The summed E-state index contributed by atoms with van der Waals surface area (Å²) in [5.74, 6) is -3.06. The van der Waals surface area contributed by atoms with Crippen molar-refractivity contribution in [3.8, 4) is 0 Å². The van der Waals surface area contributed by atoms with Crippen LogP contribution in [0.2, 0.25) is 0 Å². The Morgan fingerprint density at radius 2 is 1.93 bits per heavy atom. The van der Waals surface area contributed by atoms with Crippen LogP contribution in [-0.2, 0) is 24.3 Å². The normalized spacial score (nSPS) is 16.4. The van der Waals surface area contributed by atoms with Crippen LogP contribution in [0.15, 0.2) is 52.4 Å². The molecule has 2 N–H and O–H groups in total. The average Bonchev–Trinajstić information content (AvgIpc) is 2.95. The number of rotatable bonds is 6. The Labute approximate surface area is 171 Å². The van der Waals surface area contributed by atoms with Crippen molar-refractivity contribution in [1.82, 2.24) is 4.72 Å². The van der Waals surface area contributed by atoms with Crippen molar-refractivity contribution in [3.63, 3.8) is 0 Å². The van der Waals surface area contributed by atoms with E-state index in [-0.39, 0.29) is 29.4 Å². The van der Waals surface area contributed by atoms with Gasteiger partial charge in [-0.2, -0.15) is 0 Å². The first kappa shape index (κ1) is 21.4. The lowest BCUT2D eigenvalue weighted by atomic mass is 10.2. The highest BCUT2D eigenvalue weighted by Gasteiger charge is 2.30. The Balaban J connectivity index is 1.54. The molecule has 0 fully saturated rings. The summed E-state index contributed by atoms with van der Waals surface area (Å²) in [6.07, 6.45) is -1.49. The number of fused-ring (bicyclic) bond motifs is 1. The molecule has 158 valence electrons. The van der Waals surface area contributed by atoms with E-state index in [4.69, 9.17) is 4.74 Å². The van der Waals surface area contributed by atoms with Gasteiger partial charge in [0.15, 0.2) is 6.10 Å². The molecular weight excluding hydrogens is 420 g/mol. The number of carbonyl (C=O) groups excluding carboxylic acids is 2. The molecule has 1 amide bonds. The number of ether oxygens (including phenoxy) is 1. The van der Waals surface area contributed by atoms with E-state index in [0.717, 1.165) is 18.2 Å². The third-order valence-corrected chi connectivity index (χ3v) is 5.51. The Morgan fingerprint density at radius 3 is 2.70 bits per heavy atom. The summed E-state index contributed by atoms with van der Waals surface area (Å²) in [4.78, 5) is 28.1. The molecule has 0 bridgehead atoms. The topological polar surface area (TPSA) is 114 Å². The van der Waals surface area contributed by atoms with Gasteiger partial charge in [-0.1, -0.05) is 12.1 Å². The lowest BCUT2D eigenvalue weighted by Gasteiger charge is -2.13. The molecule has 11 heteroatoms. The van der Waals surface area contributed by atoms with E-state index in [1.54, 1.807) is 18.2 Å². The maximum absolute atomic E-state index is 13.6. The number of hydrogen-bond donors (Lipinski definition) is 2. The van der Waals surface area contributed by atoms with Crippen molar-refractivity contribution in [1.29, 1.82) is 0 Å². The Morgan fingerprint density at radius 1 is 1.20 bits per heavy atom. The number of carbonyl (C=O) groups is 2. The molecular formula is C19H17F2N3O5S. The van der Waals surface area contributed by atoms with Crippen LogP contribution in [-0.4, -0.2) is 38.8 Å². The lowest BCUT2D eigenvalue weighted by molar-refractivity contribution is -0.152. The van der Waals surface area contributed by atoms with Gasteiger partial charge in [-0.3, -0.25) is 19.3 Å². The van der Waals surface area contributed by atoms with Gasteiger partial charge in [0.1, 0.15) is 17.5 Å². The summed E-state index contributed by atoms with van der Waals surface area (Å²) in [6, 6.07) is 8.83. The molecule has 3 rings (SSSR count). The number of amidine groups is 1. The van der Waals surface area contributed by atoms with Gasteiger partial charge in [-0.15, -0.1) is 0 Å². The summed E-state index contributed by atoms with van der Waals surface area (Å²) in [7, 11) is -3.68. The number of nitrogens with one attached hydrogen (secondary N) is 2. The van der Waals surface area contributed by atoms with Crippen molar-refractivity contribution in [2.24, 2.45) is 4.99 Å². The largest absolute Gasteiger partial charge is 0.452 e. The number of anilines is 1. The predicted molar refractivity (Wildman–Crippen MR) is 103 cm³/mol. The van der Waals surface area contributed by atoms with Crippen molar-refractivity contribution in [3.05, 3.63) is 59.7 Å². The fraction of sp³-hybridized carbons (Fsp3) is 0.211. The Bertz CT molecular complexity index is 1130. The highest BCUT2D eigenvalue weighted by molar-refractivity contribution is 7.90. The van der Waals surface area contributed by atoms with Crippen LogP contribution in [0.4, 0.5) is 14.5 Å². The van der Waals surface area contributed by atoms with Crippen molar-refractivity contribution >= 4 is 33.4 Å². The number of nitrogens with zero attached hydrogens (tertiary/aromatic N) is 1. The zero-order valence-electron chi connectivity index (χ0n) is 15.7. The molecule has 8 nitrogen and oxygen atoms in total. The smallest absolute Gasteiger partial charge is 0.308 e. The number of sulfonamides is 1. The first-order valence-corrected chi connectivity index (χ1v) is 10.3. The van der Waals surface area contributed by atoms with E-state index in [0.29, 0.717) is 5.56 Å². The minimum absolute atomic E-state index is 0.0854. The van der Waals surface area contributed by atoms with Crippen LogP contribution < -0.4 is 10.0 Å². The quantitative estimate of drug-likeness (QED) is 0.671. The summed E-state index contributed by atoms with van der Waals surface area (Å²) < 4.78 is 58.0. The standard InChI is InChI=1S/C19H17F2N3O5S/c1-11(19(26)23-15-10-12(20)6-7-14(15)21)29-17(25)8-9-22-18-13-4-2-3-5-16(13)30(27,28)24-18/h2-7,10-11H,8-9H2,1H3,(H,22,24)(H,23,26). The van der Waals surface area contributed by atoms with Gasteiger partial charge < -0.3 is 10.1 Å². The Kier molecular flexibility index (Phi) is 6.11. The molecule has 1 aliphatic rings. The zero-order chi connectivity index (χ0) is 21.9. The van der Waals surface area contributed by atoms with E-state index >= 15 is 0 Å². The molecule has 1 aliphatic heterocycles. The monoisotopic (exact) mass is 437 g/mol. The summed E-state index contributed by atoms with van der Waals surface area (Å²) in [6.45, 7) is 1.19. The van der Waals surface area contributed by atoms with Crippen molar-refractivity contribution in [2.45, 2.75) is 24.3 Å². The molecule has 0 spiro atoms. The van der Waals surface area contributed by atoms with Gasteiger partial charge in [0.25, 0.3) is 15.9 Å². The molecule has 0 aromatic heterocycles. The first-order valence-electron chi connectivity index (χ1n) is 8.79. The second kappa shape index (κ2) is 8.57. The van der Waals surface area contributed by atoms with Crippen molar-refractivity contribution in [2.75, 3.05) is 11.9 Å². The van der Waals surface area contributed by atoms with Crippen LogP contribution >= 0.6 is 0 Å². The molecule has 0 aliphatic carbocycles. The minimum atomic E-state index is -3.68. The average molecular weight is 437 g/mol. The zero-order valence-corrected chi connectivity index (χ0v) is 16.5. The van der Waals surface area contributed by atoms with E-state index in [2.05, 4.69) is 15.0 Å². The molecule has 1 heterocycles. The molecule has 0 saturated carbocycles. The SMILES string of the molecule is CC(OC(=O)CCN=C1NS(=O)(=O)c2ccccc21)C(=O)Nc1cc(F)ccc1F. The molecule has 1 atom stereocenters. The maximum atomic E-state index is 13.6. The van der Waals surface area contributed by atoms with E-state index < -0.39 is 39.6 Å². The number of aliphatic imine (C=N–C) groups is 1. The van der Waals surface area contributed by atoms with Gasteiger partial charge in [0.2, 0.25) is 0 Å². The molecule has 0 radical (unpaired) electrons. The van der Waals surface area contributed by atoms with Gasteiger partial charge in [0.05, 0.1) is 23.5 Å². The number of halogens is 2. The summed E-state index contributed by atoms with van der Waals surface area (Å²) in [5, 5.41) is 2.14.